The monoisotopic (exact) mass is 247 g/mol. The van der Waals surface area contributed by atoms with Crippen molar-refractivity contribution in [3.8, 4) is 0 Å². The topological polar surface area (TPSA) is 38.3 Å². The Morgan fingerprint density at radius 2 is 2.25 bits per heavy atom. The molecule has 94 valence electrons. The van der Waals surface area contributed by atoms with E-state index in [1.807, 2.05) is 6.92 Å². The fraction of sp³-hybridized carbons (Fsp3) is 0.917. The Bertz CT molecular complexity index is 233. The molecule has 1 aliphatic heterocycles. The number of halogens is 1. The molecular formula is C12H22ClNO2. The smallest absolute Gasteiger partial charge is 0.225 e. The zero-order valence-electron chi connectivity index (χ0n) is 10.3. The Kier molecular flexibility index (Phi) is 5.56. The van der Waals surface area contributed by atoms with Crippen molar-refractivity contribution in [2.24, 2.45) is 11.8 Å². The lowest BCUT2D eigenvalue weighted by atomic mass is 10.0. The fourth-order valence-corrected chi connectivity index (χ4v) is 2.38. The minimum Gasteiger partial charge on any atom is -0.378 e. The van der Waals surface area contributed by atoms with Crippen LogP contribution in [-0.2, 0) is 9.53 Å². The molecule has 1 saturated heterocycles. The van der Waals surface area contributed by atoms with Crippen molar-refractivity contribution in [2.45, 2.75) is 45.1 Å². The molecule has 16 heavy (non-hydrogen) atoms. The molecule has 3 atom stereocenters. The van der Waals surface area contributed by atoms with Gasteiger partial charge in [0.1, 0.15) is 0 Å². The van der Waals surface area contributed by atoms with E-state index in [0.717, 1.165) is 12.8 Å². The maximum Gasteiger partial charge on any atom is 0.225 e. The van der Waals surface area contributed by atoms with Gasteiger partial charge in [0, 0.05) is 6.54 Å². The third-order valence-corrected chi connectivity index (χ3v) is 3.13. The van der Waals surface area contributed by atoms with Gasteiger partial charge in [0.15, 0.2) is 0 Å². The molecule has 3 nitrogen and oxygen atoms in total. The van der Waals surface area contributed by atoms with Crippen molar-refractivity contribution in [3.05, 3.63) is 0 Å². The molecule has 0 aromatic heterocycles. The van der Waals surface area contributed by atoms with Gasteiger partial charge < -0.3 is 10.1 Å². The number of carbonyl (C=O) groups is 1. The van der Waals surface area contributed by atoms with Crippen LogP contribution in [0.25, 0.3) is 0 Å². The summed E-state index contributed by atoms with van der Waals surface area (Å²) in [5, 5.41) is 2.93. The first kappa shape index (κ1) is 13.8. The summed E-state index contributed by atoms with van der Waals surface area (Å²) in [6.07, 6.45) is 1.96. The first-order valence-corrected chi connectivity index (χ1v) is 6.46. The highest BCUT2D eigenvalue weighted by atomic mass is 35.5. The third kappa shape index (κ3) is 4.71. The van der Waals surface area contributed by atoms with Crippen LogP contribution in [0.15, 0.2) is 0 Å². The molecule has 1 aliphatic rings. The van der Waals surface area contributed by atoms with E-state index < -0.39 is 0 Å². The van der Waals surface area contributed by atoms with Gasteiger partial charge in [0.25, 0.3) is 0 Å². The molecule has 1 heterocycles. The van der Waals surface area contributed by atoms with Gasteiger partial charge in [-0.2, -0.15) is 0 Å². The van der Waals surface area contributed by atoms with Crippen LogP contribution in [0.3, 0.4) is 0 Å². The van der Waals surface area contributed by atoms with Crippen molar-refractivity contribution in [2.75, 3.05) is 13.2 Å². The molecule has 0 aromatic carbocycles. The van der Waals surface area contributed by atoms with E-state index in [2.05, 4.69) is 19.2 Å². The number of hydrogen-bond acceptors (Lipinski definition) is 2. The summed E-state index contributed by atoms with van der Waals surface area (Å²) in [5.41, 5.74) is 0. The molecule has 1 fully saturated rings. The second-order valence-corrected chi connectivity index (χ2v) is 5.67. The van der Waals surface area contributed by atoms with Crippen LogP contribution in [-0.4, -0.2) is 30.5 Å². The molecule has 3 unspecified atom stereocenters. The van der Waals surface area contributed by atoms with Crippen LogP contribution in [0.1, 0.15) is 33.6 Å². The molecule has 1 N–H and O–H groups in total. The number of amides is 1. The maximum atomic E-state index is 11.7. The van der Waals surface area contributed by atoms with E-state index in [-0.39, 0.29) is 23.3 Å². The predicted octanol–water partition coefficient (Wildman–Crippen LogP) is 2.18. The average molecular weight is 248 g/mol. The maximum absolute atomic E-state index is 11.7. The van der Waals surface area contributed by atoms with Gasteiger partial charge in [0.05, 0.1) is 24.0 Å². The van der Waals surface area contributed by atoms with Gasteiger partial charge >= 0.3 is 0 Å². The predicted molar refractivity (Wildman–Crippen MR) is 65.6 cm³/mol. The summed E-state index contributed by atoms with van der Waals surface area (Å²) < 4.78 is 5.36. The SMILES string of the molecule is CC(C)CC(Cl)CNC(=O)C1COC(C)C1. The normalized spacial score (nSPS) is 27.1. The number of ether oxygens (including phenoxy) is 1. The van der Waals surface area contributed by atoms with Gasteiger partial charge in [0.2, 0.25) is 5.91 Å². The van der Waals surface area contributed by atoms with Gasteiger partial charge in [-0.25, -0.2) is 0 Å². The van der Waals surface area contributed by atoms with Crippen LogP contribution in [0.5, 0.6) is 0 Å². The Balaban J connectivity index is 2.19. The standard InChI is InChI=1S/C12H22ClNO2/c1-8(2)4-11(13)6-14-12(15)10-5-9(3)16-7-10/h8-11H,4-7H2,1-3H3,(H,14,15). The van der Waals surface area contributed by atoms with E-state index in [9.17, 15) is 4.79 Å². The van der Waals surface area contributed by atoms with Crippen molar-refractivity contribution in [1.29, 1.82) is 0 Å². The van der Waals surface area contributed by atoms with E-state index in [1.165, 1.54) is 0 Å². The summed E-state index contributed by atoms with van der Waals surface area (Å²) >= 11 is 6.11. The van der Waals surface area contributed by atoms with Crippen LogP contribution in [0.4, 0.5) is 0 Å². The molecule has 1 rings (SSSR count). The van der Waals surface area contributed by atoms with Gasteiger partial charge in [-0.1, -0.05) is 13.8 Å². The van der Waals surface area contributed by atoms with Crippen LogP contribution in [0.2, 0.25) is 0 Å². The molecule has 0 aromatic rings. The van der Waals surface area contributed by atoms with Crippen molar-refractivity contribution in [3.63, 3.8) is 0 Å². The molecule has 0 aliphatic carbocycles. The molecule has 0 radical (unpaired) electrons. The van der Waals surface area contributed by atoms with Crippen LogP contribution < -0.4 is 5.32 Å². The zero-order valence-corrected chi connectivity index (χ0v) is 11.1. The summed E-state index contributed by atoms with van der Waals surface area (Å²) in [4.78, 5) is 11.7. The summed E-state index contributed by atoms with van der Waals surface area (Å²) in [7, 11) is 0. The fourth-order valence-electron chi connectivity index (χ4n) is 1.95. The average Bonchev–Trinajstić information content (AvgIpc) is 2.60. The highest BCUT2D eigenvalue weighted by Crippen LogP contribution is 2.19. The number of nitrogens with one attached hydrogen (secondary N) is 1. The minimum atomic E-state index is 0.0120. The number of rotatable bonds is 5. The van der Waals surface area contributed by atoms with Crippen molar-refractivity contribution < 1.29 is 9.53 Å². The van der Waals surface area contributed by atoms with Gasteiger partial charge in [-0.3, -0.25) is 4.79 Å². The molecular weight excluding hydrogens is 226 g/mol. The molecule has 4 heteroatoms. The second-order valence-electron chi connectivity index (χ2n) is 5.05. The lowest BCUT2D eigenvalue weighted by molar-refractivity contribution is -0.124. The van der Waals surface area contributed by atoms with Crippen molar-refractivity contribution in [1.82, 2.24) is 5.32 Å². The van der Waals surface area contributed by atoms with E-state index in [1.54, 1.807) is 0 Å². The highest BCUT2D eigenvalue weighted by Gasteiger charge is 2.28. The van der Waals surface area contributed by atoms with Crippen LogP contribution >= 0.6 is 11.6 Å². The van der Waals surface area contributed by atoms with Crippen molar-refractivity contribution >= 4 is 17.5 Å². The van der Waals surface area contributed by atoms with Crippen LogP contribution in [0, 0.1) is 11.8 Å². The summed E-state index contributed by atoms with van der Waals surface area (Å²) in [6, 6.07) is 0. The van der Waals surface area contributed by atoms with E-state index in [0.29, 0.717) is 19.1 Å². The first-order valence-electron chi connectivity index (χ1n) is 6.02. The Morgan fingerprint density at radius 1 is 1.56 bits per heavy atom. The molecule has 0 bridgehead atoms. The third-order valence-electron chi connectivity index (χ3n) is 2.79. The molecule has 1 amide bonds. The largest absolute Gasteiger partial charge is 0.378 e. The van der Waals surface area contributed by atoms with Gasteiger partial charge in [-0.05, 0) is 25.7 Å². The molecule has 0 saturated carbocycles. The number of hydrogen-bond donors (Lipinski definition) is 1. The number of carbonyl (C=O) groups excluding carboxylic acids is 1. The summed E-state index contributed by atoms with van der Waals surface area (Å²) in [6.45, 7) is 7.36. The van der Waals surface area contributed by atoms with E-state index >= 15 is 0 Å². The van der Waals surface area contributed by atoms with E-state index in [4.69, 9.17) is 16.3 Å². The lowest BCUT2D eigenvalue weighted by Gasteiger charge is -2.14. The number of alkyl halides is 1. The second kappa shape index (κ2) is 6.45. The Morgan fingerprint density at radius 3 is 2.75 bits per heavy atom. The van der Waals surface area contributed by atoms with Gasteiger partial charge in [-0.15, -0.1) is 11.6 Å². The quantitative estimate of drug-likeness (QED) is 0.757. The summed E-state index contributed by atoms with van der Waals surface area (Å²) in [5.74, 6) is 0.658. The highest BCUT2D eigenvalue weighted by molar-refractivity contribution is 6.20. The zero-order chi connectivity index (χ0) is 12.1. The Hall–Kier alpha value is -0.280. The molecule has 0 spiro atoms. The first-order chi connectivity index (χ1) is 7.49. The lowest BCUT2D eigenvalue weighted by Crippen LogP contribution is -2.35. The minimum absolute atomic E-state index is 0.0120. The Labute approximate surface area is 103 Å².